The standard InChI is InChI=1S/C15H12BrClN2OS/c1-8-4-10(6-11(17)5-8)15(20)19-13-3-2-9(14(18)21)7-12(13)16/h2-7H,1H3,(H2,18,21)(H,19,20). The van der Waals surface area contributed by atoms with Gasteiger partial charge in [-0.05, 0) is 64.8 Å². The smallest absolute Gasteiger partial charge is 0.255 e. The van der Waals surface area contributed by atoms with E-state index in [-0.39, 0.29) is 5.91 Å². The first kappa shape index (κ1) is 15.9. The van der Waals surface area contributed by atoms with Gasteiger partial charge in [-0.2, -0.15) is 0 Å². The zero-order valence-electron chi connectivity index (χ0n) is 11.1. The highest BCUT2D eigenvalue weighted by Gasteiger charge is 2.10. The van der Waals surface area contributed by atoms with E-state index < -0.39 is 0 Å². The average molecular weight is 384 g/mol. The lowest BCUT2D eigenvalue weighted by Crippen LogP contribution is -2.14. The molecular formula is C15H12BrClN2OS. The highest BCUT2D eigenvalue weighted by molar-refractivity contribution is 9.10. The summed E-state index contributed by atoms with van der Waals surface area (Å²) >= 11 is 14.3. The fourth-order valence-corrected chi connectivity index (χ4v) is 2.73. The van der Waals surface area contributed by atoms with Crippen LogP contribution in [0.25, 0.3) is 0 Å². The molecule has 0 bridgehead atoms. The number of carbonyl (C=O) groups is 1. The molecule has 0 fully saturated rings. The molecule has 3 nitrogen and oxygen atoms in total. The van der Waals surface area contributed by atoms with E-state index in [1.165, 1.54) is 0 Å². The molecule has 108 valence electrons. The third-order valence-electron chi connectivity index (χ3n) is 2.81. The van der Waals surface area contributed by atoms with Crippen molar-refractivity contribution in [1.29, 1.82) is 0 Å². The largest absolute Gasteiger partial charge is 0.389 e. The van der Waals surface area contributed by atoms with E-state index in [1.54, 1.807) is 36.4 Å². The van der Waals surface area contributed by atoms with Crippen LogP contribution in [0, 0.1) is 6.92 Å². The van der Waals surface area contributed by atoms with E-state index in [9.17, 15) is 4.79 Å². The van der Waals surface area contributed by atoms with Crippen molar-refractivity contribution in [1.82, 2.24) is 0 Å². The SMILES string of the molecule is Cc1cc(Cl)cc(C(=O)Nc2ccc(C(N)=S)cc2Br)c1. The molecule has 2 rings (SSSR count). The number of hydrogen-bond donors (Lipinski definition) is 2. The monoisotopic (exact) mass is 382 g/mol. The van der Waals surface area contributed by atoms with Crippen LogP contribution in [-0.4, -0.2) is 10.9 Å². The van der Waals surface area contributed by atoms with Crippen LogP contribution in [0.1, 0.15) is 21.5 Å². The summed E-state index contributed by atoms with van der Waals surface area (Å²) in [5.74, 6) is -0.232. The molecule has 0 aliphatic carbocycles. The maximum absolute atomic E-state index is 12.2. The number of amides is 1. The van der Waals surface area contributed by atoms with Crippen molar-refractivity contribution in [2.24, 2.45) is 5.73 Å². The highest BCUT2D eigenvalue weighted by Crippen LogP contribution is 2.25. The molecule has 0 atom stereocenters. The van der Waals surface area contributed by atoms with E-state index in [0.29, 0.717) is 25.7 Å². The Balaban J connectivity index is 2.25. The number of nitrogens with one attached hydrogen (secondary N) is 1. The van der Waals surface area contributed by atoms with E-state index in [1.807, 2.05) is 6.92 Å². The minimum atomic E-state index is -0.232. The van der Waals surface area contributed by atoms with Gasteiger partial charge >= 0.3 is 0 Å². The van der Waals surface area contributed by atoms with Gasteiger partial charge in [0.15, 0.2) is 0 Å². The molecule has 2 aromatic rings. The van der Waals surface area contributed by atoms with Gasteiger partial charge in [-0.1, -0.05) is 23.8 Å². The molecule has 0 unspecified atom stereocenters. The first-order chi connectivity index (χ1) is 9.86. The van der Waals surface area contributed by atoms with E-state index in [0.717, 1.165) is 11.1 Å². The van der Waals surface area contributed by atoms with Gasteiger partial charge in [-0.15, -0.1) is 0 Å². The molecular weight excluding hydrogens is 372 g/mol. The number of carbonyl (C=O) groups excluding carboxylic acids is 1. The number of hydrogen-bond acceptors (Lipinski definition) is 2. The van der Waals surface area contributed by atoms with Crippen molar-refractivity contribution in [2.75, 3.05) is 5.32 Å². The molecule has 0 saturated heterocycles. The lowest BCUT2D eigenvalue weighted by atomic mass is 10.1. The highest BCUT2D eigenvalue weighted by atomic mass is 79.9. The zero-order chi connectivity index (χ0) is 15.6. The summed E-state index contributed by atoms with van der Waals surface area (Å²) < 4.78 is 0.708. The van der Waals surface area contributed by atoms with Gasteiger partial charge in [-0.3, -0.25) is 4.79 Å². The Morgan fingerprint density at radius 3 is 2.52 bits per heavy atom. The van der Waals surface area contributed by atoms with Crippen LogP contribution in [0.3, 0.4) is 0 Å². The number of anilines is 1. The van der Waals surface area contributed by atoms with Crippen LogP contribution in [0.15, 0.2) is 40.9 Å². The molecule has 0 aromatic heterocycles. The third kappa shape index (κ3) is 4.03. The zero-order valence-corrected chi connectivity index (χ0v) is 14.3. The average Bonchev–Trinajstić information content (AvgIpc) is 2.39. The Kier molecular flexibility index (Phi) is 4.98. The van der Waals surface area contributed by atoms with Gasteiger partial charge in [0.2, 0.25) is 0 Å². The second-order valence-electron chi connectivity index (χ2n) is 4.53. The number of benzene rings is 2. The van der Waals surface area contributed by atoms with E-state index >= 15 is 0 Å². The molecule has 0 heterocycles. The maximum Gasteiger partial charge on any atom is 0.255 e. The molecule has 0 spiro atoms. The molecule has 21 heavy (non-hydrogen) atoms. The molecule has 6 heteroatoms. The minimum Gasteiger partial charge on any atom is -0.389 e. The van der Waals surface area contributed by atoms with Crippen molar-refractivity contribution in [2.45, 2.75) is 6.92 Å². The van der Waals surface area contributed by atoms with Crippen LogP contribution in [0.5, 0.6) is 0 Å². The third-order valence-corrected chi connectivity index (χ3v) is 3.92. The Morgan fingerprint density at radius 2 is 1.95 bits per heavy atom. The van der Waals surface area contributed by atoms with Gasteiger partial charge in [-0.25, -0.2) is 0 Å². The van der Waals surface area contributed by atoms with Crippen molar-refractivity contribution in [3.8, 4) is 0 Å². The summed E-state index contributed by atoms with van der Waals surface area (Å²) in [6.07, 6.45) is 0. The molecule has 3 N–H and O–H groups in total. The van der Waals surface area contributed by atoms with Gasteiger partial charge < -0.3 is 11.1 Å². The molecule has 0 aliphatic heterocycles. The van der Waals surface area contributed by atoms with Gasteiger partial charge in [0.05, 0.1) is 5.69 Å². The van der Waals surface area contributed by atoms with Crippen molar-refractivity contribution < 1.29 is 4.79 Å². The molecule has 0 radical (unpaired) electrons. The summed E-state index contributed by atoms with van der Waals surface area (Å²) in [4.78, 5) is 12.6. The number of thiocarbonyl (C=S) groups is 1. The summed E-state index contributed by atoms with van der Waals surface area (Å²) in [7, 11) is 0. The van der Waals surface area contributed by atoms with Crippen LogP contribution < -0.4 is 11.1 Å². The summed E-state index contributed by atoms with van der Waals surface area (Å²) in [6, 6.07) is 10.5. The number of rotatable bonds is 3. The van der Waals surface area contributed by atoms with Gasteiger partial charge in [0.25, 0.3) is 5.91 Å². The predicted molar refractivity (Wildman–Crippen MR) is 94.2 cm³/mol. The molecule has 2 aromatic carbocycles. The lowest BCUT2D eigenvalue weighted by molar-refractivity contribution is 0.102. The van der Waals surface area contributed by atoms with Crippen molar-refractivity contribution in [3.05, 3.63) is 62.6 Å². The van der Waals surface area contributed by atoms with Crippen molar-refractivity contribution >= 4 is 56.3 Å². The number of aryl methyl sites for hydroxylation is 1. The first-order valence-corrected chi connectivity index (χ1v) is 7.62. The van der Waals surface area contributed by atoms with Crippen molar-refractivity contribution in [3.63, 3.8) is 0 Å². The van der Waals surface area contributed by atoms with Crippen LogP contribution in [0.2, 0.25) is 5.02 Å². The lowest BCUT2D eigenvalue weighted by Gasteiger charge is -2.09. The predicted octanol–water partition coefficient (Wildman–Crippen LogP) is 4.30. The second-order valence-corrected chi connectivity index (χ2v) is 6.26. The molecule has 1 amide bonds. The van der Waals surface area contributed by atoms with Gasteiger partial charge in [0.1, 0.15) is 4.99 Å². The Hall–Kier alpha value is -1.43. The fraction of sp³-hybridized carbons (Fsp3) is 0.0667. The quantitative estimate of drug-likeness (QED) is 0.777. The summed E-state index contributed by atoms with van der Waals surface area (Å²) in [5, 5.41) is 3.35. The summed E-state index contributed by atoms with van der Waals surface area (Å²) in [5.41, 5.74) is 8.37. The fourth-order valence-electron chi connectivity index (χ4n) is 1.83. The first-order valence-electron chi connectivity index (χ1n) is 6.04. The molecule has 0 aliphatic rings. The second kappa shape index (κ2) is 6.56. The molecule has 0 saturated carbocycles. The van der Waals surface area contributed by atoms with Gasteiger partial charge in [0, 0.05) is 20.6 Å². The Labute approximate surface area is 141 Å². The maximum atomic E-state index is 12.2. The topological polar surface area (TPSA) is 55.1 Å². The van der Waals surface area contributed by atoms with E-state index in [2.05, 4.69) is 21.2 Å². The summed E-state index contributed by atoms with van der Waals surface area (Å²) in [6.45, 7) is 1.88. The Morgan fingerprint density at radius 1 is 1.24 bits per heavy atom. The van der Waals surface area contributed by atoms with Crippen LogP contribution >= 0.6 is 39.7 Å². The van der Waals surface area contributed by atoms with Crippen LogP contribution in [0.4, 0.5) is 5.69 Å². The number of nitrogens with two attached hydrogens (primary N) is 1. The Bertz CT molecular complexity index is 713. The number of halogens is 2. The minimum absolute atomic E-state index is 0.232. The van der Waals surface area contributed by atoms with Crippen LogP contribution in [-0.2, 0) is 0 Å². The van der Waals surface area contributed by atoms with E-state index in [4.69, 9.17) is 29.6 Å². The normalized spacial score (nSPS) is 10.2.